The van der Waals surface area contributed by atoms with Crippen LogP contribution in [0.3, 0.4) is 0 Å². The number of halogens is 1. The zero-order chi connectivity index (χ0) is 20.9. The van der Waals surface area contributed by atoms with E-state index in [1.807, 2.05) is 43.3 Å². The van der Waals surface area contributed by atoms with Gasteiger partial charge in [-0.2, -0.15) is 9.61 Å². The summed E-state index contributed by atoms with van der Waals surface area (Å²) in [5, 5.41) is 16.8. The molecule has 0 spiro atoms. The second-order valence-electron chi connectivity index (χ2n) is 6.28. The van der Waals surface area contributed by atoms with Crippen LogP contribution >= 0.6 is 23.4 Å². The number of ether oxygens (including phenoxy) is 1. The Bertz CT molecular complexity index is 1180. The van der Waals surface area contributed by atoms with Crippen LogP contribution in [0.15, 0.2) is 65.8 Å². The molecule has 0 bridgehead atoms. The largest absolute Gasteiger partial charge is 0.494 e. The Morgan fingerprint density at radius 3 is 2.73 bits per heavy atom. The maximum absolute atomic E-state index is 12.3. The molecule has 7 nitrogen and oxygen atoms in total. The number of aromatic nitrogens is 4. The molecule has 0 aliphatic rings. The summed E-state index contributed by atoms with van der Waals surface area (Å²) in [7, 11) is 0. The molecule has 1 amide bonds. The number of nitrogens with zero attached hydrogens (tertiary/aromatic N) is 4. The number of hydrogen-bond acceptors (Lipinski definition) is 6. The Balaban J connectivity index is 1.48. The topological polar surface area (TPSA) is 81.4 Å². The van der Waals surface area contributed by atoms with Crippen molar-refractivity contribution < 1.29 is 9.53 Å². The van der Waals surface area contributed by atoms with Gasteiger partial charge in [0.1, 0.15) is 5.75 Å². The van der Waals surface area contributed by atoms with Crippen LogP contribution in [0.1, 0.15) is 6.92 Å². The maximum Gasteiger partial charge on any atom is 0.234 e. The lowest BCUT2D eigenvalue weighted by Crippen LogP contribution is -2.14. The molecule has 4 aromatic rings. The van der Waals surface area contributed by atoms with Crippen molar-refractivity contribution in [2.24, 2.45) is 0 Å². The predicted molar refractivity (Wildman–Crippen MR) is 118 cm³/mol. The van der Waals surface area contributed by atoms with Crippen LogP contribution in [0.2, 0.25) is 5.02 Å². The number of amides is 1. The summed E-state index contributed by atoms with van der Waals surface area (Å²) in [6, 6.07) is 18.5. The van der Waals surface area contributed by atoms with Gasteiger partial charge in [0.2, 0.25) is 11.1 Å². The van der Waals surface area contributed by atoms with Gasteiger partial charge in [-0.05, 0) is 61.5 Å². The molecule has 0 unspecified atom stereocenters. The van der Waals surface area contributed by atoms with E-state index in [1.54, 1.807) is 28.8 Å². The summed E-state index contributed by atoms with van der Waals surface area (Å²) < 4.78 is 7.12. The summed E-state index contributed by atoms with van der Waals surface area (Å²) >= 11 is 7.21. The van der Waals surface area contributed by atoms with Gasteiger partial charge in [-0.3, -0.25) is 4.79 Å². The molecular weight excluding hydrogens is 422 g/mol. The van der Waals surface area contributed by atoms with E-state index in [-0.39, 0.29) is 11.7 Å². The first kappa shape index (κ1) is 20.2. The highest BCUT2D eigenvalue weighted by molar-refractivity contribution is 7.99. The number of nitrogens with one attached hydrogen (secondary N) is 1. The van der Waals surface area contributed by atoms with Gasteiger partial charge in [-0.25, -0.2) is 0 Å². The van der Waals surface area contributed by atoms with E-state index in [0.717, 1.165) is 17.0 Å². The molecule has 0 atom stereocenters. The molecule has 0 radical (unpaired) electrons. The second kappa shape index (κ2) is 9.15. The van der Waals surface area contributed by atoms with E-state index in [9.17, 15) is 4.79 Å². The third-order valence-corrected chi connectivity index (χ3v) is 5.29. The number of fused-ring (bicyclic) bond motifs is 1. The average molecular weight is 440 g/mol. The highest BCUT2D eigenvalue weighted by Crippen LogP contribution is 2.23. The molecule has 2 heterocycles. The summed E-state index contributed by atoms with van der Waals surface area (Å²) in [4.78, 5) is 12.3. The molecule has 152 valence electrons. The maximum atomic E-state index is 12.3. The quantitative estimate of drug-likeness (QED) is 0.425. The fourth-order valence-corrected chi connectivity index (χ4v) is 3.67. The highest BCUT2D eigenvalue weighted by Gasteiger charge is 2.12. The molecule has 2 aromatic carbocycles. The molecule has 0 fully saturated rings. The zero-order valence-electron chi connectivity index (χ0n) is 16.1. The molecule has 0 aliphatic carbocycles. The lowest BCUT2D eigenvalue weighted by molar-refractivity contribution is -0.113. The minimum Gasteiger partial charge on any atom is -0.494 e. The first-order chi connectivity index (χ1) is 14.6. The van der Waals surface area contributed by atoms with Crippen molar-refractivity contribution in [1.82, 2.24) is 19.8 Å². The van der Waals surface area contributed by atoms with Gasteiger partial charge in [0.05, 0.1) is 18.1 Å². The van der Waals surface area contributed by atoms with E-state index < -0.39 is 0 Å². The summed E-state index contributed by atoms with van der Waals surface area (Å²) in [5.74, 6) is 0.817. The SMILES string of the molecule is CCOc1ccc(-c2ccc3nnc(SCC(=O)Nc4cccc(Cl)c4)n3n2)cc1. The van der Waals surface area contributed by atoms with Crippen LogP contribution in [-0.2, 0) is 4.79 Å². The van der Waals surface area contributed by atoms with Gasteiger partial charge >= 0.3 is 0 Å². The van der Waals surface area contributed by atoms with Gasteiger partial charge in [-0.1, -0.05) is 29.4 Å². The number of rotatable bonds is 7. The Hall–Kier alpha value is -3.10. The minimum atomic E-state index is -0.165. The molecule has 30 heavy (non-hydrogen) atoms. The molecule has 0 aliphatic heterocycles. The Labute approximate surface area is 182 Å². The number of carbonyl (C=O) groups excluding carboxylic acids is 1. The summed E-state index contributed by atoms with van der Waals surface area (Å²) in [6.07, 6.45) is 0. The van der Waals surface area contributed by atoms with Crippen molar-refractivity contribution >= 4 is 40.6 Å². The summed E-state index contributed by atoms with van der Waals surface area (Å²) in [6.45, 7) is 2.57. The molecule has 0 saturated heterocycles. The Morgan fingerprint density at radius 1 is 1.13 bits per heavy atom. The van der Waals surface area contributed by atoms with E-state index in [2.05, 4.69) is 20.6 Å². The molecular formula is C21H18ClN5O2S. The van der Waals surface area contributed by atoms with E-state index in [1.165, 1.54) is 11.8 Å². The van der Waals surface area contributed by atoms with Crippen LogP contribution in [-0.4, -0.2) is 38.1 Å². The Morgan fingerprint density at radius 2 is 1.97 bits per heavy atom. The minimum absolute atomic E-state index is 0.165. The van der Waals surface area contributed by atoms with Gasteiger partial charge < -0.3 is 10.1 Å². The van der Waals surface area contributed by atoms with Gasteiger partial charge in [0.15, 0.2) is 5.65 Å². The molecule has 1 N–H and O–H groups in total. The Kier molecular flexibility index (Phi) is 6.15. The lowest BCUT2D eigenvalue weighted by atomic mass is 10.1. The second-order valence-corrected chi connectivity index (χ2v) is 7.65. The molecule has 0 saturated carbocycles. The smallest absolute Gasteiger partial charge is 0.234 e. The predicted octanol–water partition coefficient (Wildman–Crippen LogP) is 4.57. The highest BCUT2D eigenvalue weighted by atomic mass is 35.5. The number of carbonyl (C=O) groups is 1. The normalized spacial score (nSPS) is 10.9. The van der Waals surface area contributed by atoms with Crippen LogP contribution in [0.4, 0.5) is 5.69 Å². The zero-order valence-corrected chi connectivity index (χ0v) is 17.7. The van der Waals surface area contributed by atoms with Crippen molar-refractivity contribution in [3.8, 4) is 17.0 Å². The first-order valence-electron chi connectivity index (χ1n) is 9.26. The fourth-order valence-electron chi connectivity index (χ4n) is 2.80. The number of benzene rings is 2. The van der Waals surface area contributed by atoms with Crippen LogP contribution in [0.25, 0.3) is 16.9 Å². The molecule has 4 rings (SSSR count). The van der Waals surface area contributed by atoms with Crippen LogP contribution < -0.4 is 10.1 Å². The fraction of sp³-hybridized carbons (Fsp3) is 0.143. The van der Waals surface area contributed by atoms with Gasteiger partial charge in [0.25, 0.3) is 0 Å². The first-order valence-corrected chi connectivity index (χ1v) is 10.6. The van der Waals surface area contributed by atoms with E-state index in [4.69, 9.17) is 16.3 Å². The van der Waals surface area contributed by atoms with Crippen LogP contribution in [0.5, 0.6) is 5.75 Å². The van der Waals surface area contributed by atoms with Gasteiger partial charge in [-0.15, -0.1) is 10.2 Å². The number of thioether (sulfide) groups is 1. The third-order valence-electron chi connectivity index (χ3n) is 4.14. The van der Waals surface area contributed by atoms with Crippen molar-refractivity contribution in [3.63, 3.8) is 0 Å². The van der Waals surface area contributed by atoms with Crippen molar-refractivity contribution in [1.29, 1.82) is 0 Å². The lowest BCUT2D eigenvalue weighted by Gasteiger charge is -2.06. The summed E-state index contributed by atoms with van der Waals surface area (Å²) in [5.41, 5.74) is 2.98. The van der Waals surface area contributed by atoms with Crippen molar-refractivity contribution in [2.45, 2.75) is 12.1 Å². The van der Waals surface area contributed by atoms with Crippen molar-refractivity contribution in [3.05, 3.63) is 65.7 Å². The molecule has 2 aromatic heterocycles. The van der Waals surface area contributed by atoms with Crippen LogP contribution in [0, 0.1) is 0 Å². The third kappa shape index (κ3) is 4.72. The van der Waals surface area contributed by atoms with Gasteiger partial charge in [0, 0.05) is 16.3 Å². The number of anilines is 1. The van der Waals surface area contributed by atoms with E-state index in [0.29, 0.717) is 28.1 Å². The number of hydrogen-bond donors (Lipinski definition) is 1. The standard InChI is InChI=1S/C21H18ClN5O2S/c1-2-29-17-8-6-14(7-9-17)18-10-11-19-24-25-21(27(19)26-18)30-13-20(28)23-16-5-3-4-15(22)12-16/h3-12H,2,13H2,1H3,(H,23,28). The molecule has 9 heteroatoms. The average Bonchev–Trinajstić information content (AvgIpc) is 3.15. The van der Waals surface area contributed by atoms with Crippen molar-refractivity contribution in [2.75, 3.05) is 17.7 Å². The van der Waals surface area contributed by atoms with E-state index >= 15 is 0 Å². The monoisotopic (exact) mass is 439 g/mol.